The van der Waals surface area contributed by atoms with Gasteiger partial charge in [-0.15, -0.1) is 0 Å². The minimum Gasteiger partial charge on any atom is -0.489 e. The monoisotopic (exact) mass is 261 g/mol. The molecular weight excluding hydrogens is 249 g/mol. The molecule has 1 aromatic heterocycles. The van der Waals surface area contributed by atoms with Gasteiger partial charge in [-0.3, -0.25) is 0 Å². The van der Waals surface area contributed by atoms with Crippen LogP contribution in [0.25, 0.3) is 10.9 Å². The van der Waals surface area contributed by atoms with Crippen molar-refractivity contribution in [3.63, 3.8) is 0 Å². The van der Waals surface area contributed by atoms with Crippen LogP contribution in [0.15, 0.2) is 54.7 Å². The van der Waals surface area contributed by atoms with Crippen LogP contribution in [0, 0.1) is 0 Å². The number of hydrogen-bond donors (Lipinski definition) is 1. The number of rotatable bonds is 4. The molecule has 0 atom stereocenters. The highest BCUT2D eigenvalue weighted by molar-refractivity contribution is 6.63. The van der Waals surface area contributed by atoms with E-state index >= 15 is 0 Å². The van der Waals surface area contributed by atoms with Crippen molar-refractivity contribution in [3.05, 3.63) is 65.9 Å². The van der Waals surface area contributed by atoms with Crippen LogP contribution in [0.3, 0.4) is 0 Å². The van der Waals surface area contributed by atoms with Crippen LogP contribution < -0.4 is 4.74 Å². The van der Waals surface area contributed by atoms with E-state index in [9.17, 15) is 4.79 Å². The Labute approximate surface area is 118 Å². The Hall–Kier alpha value is -2.49. The minimum absolute atomic E-state index is 0.448. The van der Waals surface area contributed by atoms with E-state index in [1.807, 2.05) is 48.5 Å². The second-order valence-corrected chi connectivity index (χ2v) is 4.55. The first-order valence-corrected chi connectivity index (χ1v) is 6.32. The lowest BCUT2D eigenvalue weighted by Crippen LogP contribution is -1.97. The van der Waals surface area contributed by atoms with Crippen molar-refractivity contribution in [1.29, 1.82) is 0 Å². The van der Waals surface area contributed by atoms with E-state index in [4.69, 9.17) is 12.6 Å². The Balaban J connectivity index is 1.85. The van der Waals surface area contributed by atoms with Gasteiger partial charge in [-0.05, 0) is 23.8 Å². The van der Waals surface area contributed by atoms with E-state index < -0.39 is 5.68 Å². The van der Waals surface area contributed by atoms with Gasteiger partial charge in [-0.1, -0.05) is 30.3 Å². The van der Waals surface area contributed by atoms with Crippen molar-refractivity contribution >= 4 is 24.4 Å². The summed E-state index contributed by atoms with van der Waals surface area (Å²) in [4.78, 5) is 14.3. The van der Waals surface area contributed by atoms with Crippen molar-refractivity contribution in [2.75, 3.05) is 0 Å². The molecule has 0 saturated carbocycles. The predicted molar refractivity (Wildman–Crippen MR) is 79.2 cm³/mol. The quantitative estimate of drug-likeness (QED) is 0.733. The molecule has 0 aliphatic rings. The predicted octanol–water partition coefficient (Wildman–Crippen LogP) is 3.06. The lowest BCUT2D eigenvalue weighted by molar-refractivity contribution is 0.108. The highest BCUT2D eigenvalue weighted by atomic mass is 16.5. The zero-order valence-corrected chi connectivity index (χ0v) is 10.8. The van der Waals surface area contributed by atoms with E-state index in [-0.39, 0.29) is 0 Å². The first kappa shape index (κ1) is 12.5. The molecule has 20 heavy (non-hydrogen) atoms. The van der Waals surface area contributed by atoms with Crippen LogP contribution >= 0.6 is 0 Å². The Kier molecular flexibility index (Phi) is 3.29. The molecule has 2 radical (unpaired) electrons. The molecule has 0 fully saturated rings. The molecule has 2 aromatic carbocycles. The molecule has 3 nitrogen and oxygen atoms in total. The third-order valence-electron chi connectivity index (χ3n) is 3.17. The maximum atomic E-state index is 11.3. The highest BCUT2D eigenvalue weighted by Crippen LogP contribution is 2.24. The fourth-order valence-electron chi connectivity index (χ4n) is 2.13. The number of carbonyl (C=O) groups excluding carboxylic acids is 1. The van der Waals surface area contributed by atoms with Crippen LogP contribution in [-0.2, 0) is 6.61 Å². The fourth-order valence-corrected chi connectivity index (χ4v) is 2.13. The smallest absolute Gasteiger partial charge is 0.175 e. The Morgan fingerprint density at radius 1 is 1.15 bits per heavy atom. The first-order chi connectivity index (χ1) is 9.74. The van der Waals surface area contributed by atoms with Crippen LogP contribution in [0.5, 0.6) is 5.75 Å². The second kappa shape index (κ2) is 5.25. The van der Waals surface area contributed by atoms with Crippen LogP contribution in [0.2, 0.25) is 0 Å². The van der Waals surface area contributed by atoms with Crippen LogP contribution in [0.1, 0.15) is 15.9 Å². The number of fused-ring (bicyclic) bond motifs is 1. The number of hydrogen-bond acceptors (Lipinski definition) is 2. The summed E-state index contributed by atoms with van der Waals surface area (Å²) in [7, 11) is 5.34. The minimum atomic E-state index is -0.448. The van der Waals surface area contributed by atoms with Gasteiger partial charge >= 0.3 is 0 Å². The molecule has 3 aromatic rings. The fraction of sp³-hybridized carbons (Fsp3) is 0.0625. The Bertz CT molecular complexity index is 750. The number of ether oxygens (including phenoxy) is 1. The van der Waals surface area contributed by atoms with E-state index in [2.05, 4.69) is 4.98 Å². The largest absolute Gasteiger partial charge is 0.489 e. The molecular formula is C16H12BNO2. The van der Waals surface area contributed by atoms with Crippen molar-refractivity contribution in [1.82, 2.24) is 4.98 Å². The van der Waals surface area contributed by atoms with Gasteiger partial charge in [0.1, 0.15) is 18.0 Å². The van der Waals surface area contributed by atoms with Crippen LogP contribution in [-0.4, -0.2) is 18.5 Å². The zero-order chi connectivity index (χ0) is 13.9. The summed E-state index contributed by atoms with van der Waals surface area (Å²) < 4.78 is 5.74. The number of aromatic amines is 1. The number of aromatic nitrogens is 1. The van der Waals surface area contributed by atoms with E-state index in [1.54, 1.807) is 6.20 Å². The summed E-state index contributed by atoms with van der Waals surface area (Å²) in [5.41, 5.74) is 1.99. The third kappa shape index (κ3) is 2.45. The SMILES string of the molecule is [B]C(=O)c1c[nH]c2ccc(OCc3ccccc3)cc12. The molecule has 4 heteroatoms. The first-order valence-electron chi connectivity index (χ1n) is 6.32. The van der Waals surface area contributed by atoms with Gasteiger partial charge < -0.3 is 14.5 Å². The second-order valence-electron chi connectivity index (χ2n) is 4.55. The average Bonchev–Trinajstić information content (AvgIpc) is 2.89. The molecule has 0 bridgehead atoms. The summed E-state index contributed by atoms with van der Waals surface area (Å²) in [6, 6.07) is 15.5. The Morgan fingerprint density at radius 2 is 1.95 bits per heavy atom. The Morgan fingerprint density at radius 3 is 2.70 bits per heavy atom. The molecule has 1 heterocycles. The van der Waals surface area contributed by atoms with Gasteiger partial charge in [0.2, 0.25) is 0 Å². The maximum absolute atomic E-state index is 11.3. The summed E-state index contributed by atoms with van der Waals surface area (Å²) >= 11 is 0. The van der Waals surface area contributed by atoms with Gasteiger partial charge in [0, 0.05) is 22.7 Å². The maximum Gasteiger partial charge on any atom is 0.175 e. The molecule has 3 rings (SSSR count). The number of carbonyl (C=O) groups is 1. The number of nitrogens with one attached hydrogen (secondary N) is 1. The van der Waals surface area contributed by atoms with Crippen molar-refractivity contribution in [2.45, 2.75) is 6.61 Å². The van der Waals surface area contributed by atoms with Crippen molar-refractivity contribution < 1.29 is 9.53 Å². The number of benzene rings is 2. The molecule has 0 spiro atoms. The molecule has 96 valence electrons. The highest BCUT2D eigenvalue weighted by Gasteiger charge is 2.08. The molecule has 0 aliphatic heterocycles. The molecule has 0 saturated heterocycles. The molecule has 0 unspecified atom stereocenters. The zero-order valence-electron chi connectivity index (χ0n) is 10.8. The van der Waals surface area contributed by atoms with Gasteiger partial charge in [0.05, 0.1) is 0 Å². The van der Waals surface area contributed by atoms with Gasteiger partial charge in [0.25, 0.3) is 0 Å². The lowest BCUT2D eigenvalue weighted by Gasteiger charge is -2.06. The van der Waals surface area contributed by atoms with Crippen molar-refractivity contribution in [2.24, 2.45) is 0 Å². The number of H-pyrrole nitrogens is 1. The van der Waals surface area contributed by atoms with E-state index in [1.165, 1.54) is 0 Å². The van der Waals surface area contributed by atoms with Crippen LogP contribution in [0.4, 0.5) is 0 Å². The summed E-state index contributed by atoms with van der Waals surface area (Å²) in [5, 5.41) is 0.781. The summed E-state index contributed by atoms with van der Waals surface area (Å²) in [6.45, 7) is 0.489. The lowest BCUT2D eigenvalue weighted by atomic mass is 9.94. The summed E-state index contributed by atoms with van der Waals surface area (Å²) in [6.07, 6.45) is 1.62. The standard InChI is InChI=1S/C16H12BNO2/c17-16(19)14-9-18-15-7-6-12(8-13(14)15)20-10-11-4-2-1-3-5-11/h1-9,18H,10H2. The summed E-state index contributed by atoms with van der Waals surface area (Å²) in [5.74, 6) is 0.712. The van der Waals surface area contributed by atoms with Crippen molar-refractivity contribution in [3.8, 4) is 5.75 Å². The normalized spacial score (nSPS) is 10.6. The third-order valence-corrected chi connectivity index (χ3v) is 3.17. The van der Waals surface area contributed by atoms with Gasteiger partial charge in [0.15, 0.2) is 7.85 Å². The average molecular weight is 261 g/mol. The van der Waals surface area contributed by atoms with Gasteiger partial charge in [-0.25, -0.2) is 0 Å². The van der Waals surface area contributed by atoms with E-state index in [0.717, 1.165) is 16.5 Å². The van der Waals surface area contributed by atoms with Gasteiger partial charge in [-0.2, -0.15) is 0 Å². The van der Waals surface area contributed by atoms with E-state index in [0.29, 0.717) is 17.9 Å². The molecule has 1 N–H and O–H groups in total. The molecule has 0 aliphatic carbocycles. The topological polar surface area (TPSA) is 42.1 Å². The molecule has 0 amide bonds.